The van der Waals surface area contributed by atoms with Crippen LogP contribution >= 0.6 is 0 Å². The van der Waals surface area contributed by atoms with Gasteiger partial charge < -0.3 is 10.6 Å². The van der Waals surface area contributed by atoms with Crippen molar-refractivity contribution in [1.82, 2.24) is 34.7 Å². The van der Waals surface area contributed by atoms with E-state index in [-0.39, 0.29) is 0 Å². The lowest BCUT2D eigenvalue weighted by atomic mass is 10.1. The van der Waals surface area contributed by atoms with E-state index in [1.165, 1.54) is 0 Å². The van der Waals surface area contributed by atoms with Crippen molar-refractivity contribution in [2.75, 3.05) is 18.0 Å². The molecule has 0 atom stereocenters. The zero-order chi connectivity index (χ0) is 17.2. The Hall–Kier alpha value is -2.81. The van der Waals surface area contributed by atoms with E-state index in [1.807, 2.05) is 36.1 Å². The minimum Gasteiger partial charge on any atom is -0.356 e. The standard InChI is InChI=1S/C16H21N9/c1-12-19-15(9-16(20-12)24-6-2-5-18-24)23-7-3-14(4-8-23)25-11-13(10-17)21-22-25/h2,5-6,9,11,14H,3-4,7-8,10,17H2,1H3. The molecule has 2 N–H and O–H groups in total. The molecule has 0 amide bonds. The molecule has 4 rings (SSSR count). The van der Waals surface area contributed by atoms with Crippen molar-refractivity contribution in [3.63, 3.8) is 0 Å². The molecule has 0 saturated carbocycles. The van der Waals surface area contributed by atoms with E-state index in [0.29, 0.717) is 12.6 Å². The zero-order valence-corrected chi connectivity index (χ0v) is 14.2. The molecule has 1 saturated heterocycles. The molecule has 9 nitrogen and oxygen atoms in total. The first-order valence-electron chi connectivity index (χ1n) is 8.44. The third kappa shape index (κ3) is 3.22. The minimum atomic E-state index is 0.359. The highest BCUT2D eigenvalue weighted by molar-refractivity contribution is 5.44. The number of anilines is 1. The van der Waals surface area contributed by atoms with Crippen LogP contribution in [0.15, 0.2) is 30.7 Å². The summed E-state index contributed by atoms with van der Waals surface area (Å²) >= 11 is 0. The van der Waals surface area contributed by atoms with Crippen molar-refractivity contribution in [3.8, 4) is 5.82 Å². The van der Waals surface area contributed by atoms with Gasteiger partial charge in [-0.1, -0.05) is 5.21 Å². The summed E-state index contributed by atoms with van der Waals surface area (Å²) in [7, 11) is 0. The fourth-order valence-electron chi connectivity index (χ4n) is 3.17. The van der Waals surface area contributed by atoms with Crippen LogP contribution < -0.4 is 10.6 Å². The lowest BCUT2D eigenvalue weighted by Gasteiger charge is -2.32. The zero-order valence-electron chi connectivity index (χ0n) is 14.2. The second-order valence-corrected chi connectivity index (χ2v) is 6.19. The highest BCUT2D eigenvalue weighted by Gasteiger charge is 2.23. The summed E-state index contributed by atoms with van der Waals surface area (Å²) < 4.78 is 3.70. The Labute approximate surface area is 145 Å². The third-order valence-electron chi connectivity index (χ3n) is 4.48. The van der Waals surface area contributed by atoms with Gasteiger partial charge in [0.2, 0.25) is 0 Å². The quantitative estimate of drug-likeness (QED) is 0.752. The molecule has 25 heavy (non-hydrogen) atoms. The Morgan fingerprint density at radius 3 is 2.68 bits per heavy atom. The van der Waals surface area contributed by atoms with E-state index < -0.39 is 0 Å². The van der Waals surface area contributed by atoms with Crippen LogP contribution in [-0.2, 0) is 6.54 Å². The second kappa shape index (κ2) is 6.60. The summed E-state index contributed by atoms with van der Waals surface area (Å²) in [6.45, 7) is 4.16. The van der Waals surface area contributed by atoms with Crippen LogP contribution in [0, 0.1) is 6.92 Å². The topological polar surface area (TPSA) is 104 Å². The fourth-order valence-corrected chi connectivity index (χ4v) is 3.17. The molecular weight excluding hydrogens is 318 g/mol. The number of aromatic nitrogens is 7. The highest BCUT2D eigenvalue weighted by Crippen LogP contribution is 2.25. The van der Waals surface area contributed by atoms with Crippen LogP contribution in [0.3, 0.4) is 0 Å². The molecule has 0 aromatic carbocycles. The molecule has 1 fully saturated rings. The summed E-state index contributed by atoms with van der Waals surface area (Å²) in [5, 5.41) is 12.5. The molecule has 130 valence electrons. The predicted molar refractivity (Wildman–Crippen MR) is 92.3 cm³/mol. The predicted octanol–water partition coefficient (Wildman–Crippen LogP) is 0.862. The molecule has 1 aliphatic rings. The van der Waals surface area contributed by atoms with E-state index in [1.54, 1.807) is 10.9 Å². The average molecular weight is 339 g/mol. The molecule has 3 aromatic rings. The van der Waals surface area contributed by atoms with Crippen LogP contribution in [0.25, 0.3) is 5.82 Å². The second-order valence-electron chi connectivity index (χ2n) is 6.19. The molecule has 3 aromatic heterocycles. The van der Waals surface area contributed by atoms with Crippen LogP contribution in [0.2, 0.25) is 0 Å². The number of nitrogens with zero attached hydrogens (tertiary/aromatic N) is 8. The van der Waals surface area contributed by atoms with Gasteiger partial charge in [0.25, 0.3) is 0 Å². The van der Waals surface area contributed by atoms with E-state index in [9.17, 15) is 0 Å². The third-order valence-corrected chi connectivity index (χ3v) is 4.48. The van der Waals surface area contributed by atoms with Gasteiger partial charge in [-0.15, -0.1) is 5.10 Å². The number of nitrogens with two attached hydrogens (primary N) is 1. The smallest absolute Gasteiger partial charge is 0.159 e. The highest BCUT2D eigenvalue weighted by atomic mass is 15.4. The molecule has 0 bridgehead atoms. The van der Waals surface area contributed by atoms with Crippen molar-refractivity contribution in [3.05, 3.63) is 42.2 Å². The first kappa shape index (κ1) is 15.7. The van der Waals surface area contributed by atoms with E-state index >= 15 is 0 Å². The van der Waals surface area contributed by atoms with Gasteiger partial charge in [0, 0.05) is 38.1 Å². The Kier molecular flexibility index (Phi) is 4.14. The van der Waals surface area contributed by atoms with Crippen LogP contribution in [0.4, 0.5) is 5.82 Å². The number of piperidine rings is 1. The van der Waals surface area contributed by atoms with E-state index in [0.717, 1.165) is 49.1 Å². The molecular formula is C16H21N9. The molecule has 0 unspecified atom stereocenters. The average Bonchev–Trinajstić information content (AvgIpc) is 3.33. The summed E-state index contributed by atoms with van der Waals surface area (Å²) in [5.41, 5.74) is 6.45. The van der Waals surface area contributed by atoms with Gasteiger partial charge in [-0.05, 0) is 25.8 Å². The maximum absolute atomic E-state index is 5.61. The lowest BCUT2D eigenvalue weighted by Crippen LogP contribution is -2.35. The van der Waals surface area contributed by atoms with Gasteiger partial charge in [0.05, 0.1) is 17.9 Å². The maximum atomic E-state index is 5.61. The van der Waals surface area contributed by atoms with Crippen LogP contribution in [0.1, 0.15) is 30.4 Å². The molecule has 1 aliphatic heterocycles. The number of aryl methyl sites for hydroxylation is 1. The summed E-state index contributed by atoms with van der Waals surface area (Å²) in [6, 6.07) is 4.23. The number of rotatable bonds is 4. The maximum Gasteiger partial charge on any atom is 0.159 e. The molecule has 0 radical (unpaired) electrons. The van der Waals surface area contributed by atoms with Gasteiger partial charge in [-0.2, -0.15) is 5.10 Å². The first-order chi connectivity index (χ1) is 12.2. The van der Waals surface area contributed by atoms with Gasteiger partial charge in [-0.25, -0.2) is 19.3 Å². The van der Waals surface area contributed by atoms with Crippen molar-refractivity contribution < 1.29 is 0 Å². The van der Waals surface area contributed by atoms with E-state index in [4.69, 9.17) is 5.73 Å². The Morgan fingerprint density at radius 2 is 2.00 bits per heavy atom. The van der Waals surface area contributed by atoms with E-state index in [2.05, 4.69) is 30.3 Å². The molecule has 0 aliphatic carbocycles. The monoisotopic (exact) mass is 339 g/mol. The van der Waals surface area contributed by atoms with Crippen molar-refractivity contribution in [1.29, 1.82) is 0 Å². The normalized spacial score (nSPS) is 15.7. The Balaban J connectivity index is 1.49. The van der Waals surface area contributed by atoms with Gasteiger partial charge >= 0.3 is 0 Å². The number of hydrogen-bond acceptors (Lipinski definition) is 7. The molecule has 4 heterocycles. The summed E-state index contributed by atoms with van der Waals surface area (Å²) in [6.07, 6.45) is 7.57. The molecule has 0 spiro atoms. The van der Waals surface area contributed by atoms with Crippen molar-refractivity contribution in [2.24, 2.45) is 5.73 Å². The molecule has 9 heteroatoms. The largest absolute Gasteiger partial charge is 0.356 e. The van der Waals surface area contributed by atoms with Gasteiger partial charge in [-0.3, -0.25) is 0 Å². The summed E-state index contributed by atoms with van der Waals surface area (Å²) in [4.78, 5) is 11.4. The van der Waals surface area contributed by atoms with Crippen LogP contribution in [-0.4, -0.2) is 47.8 Å². The Bertz CT molecular complexity index is 831. The summed E-state index contributed by atoms with van der Waals surface area (Å²) in [5.74, 6) is 2.48. The minimum absolute atomic E-state index is 0.359. The fraction of sp³-hybridized carbons (Fsp3) is 0.438. The SMILES string of the molecule is Cc1nc(N2CCC(n3cc(CN)nn3)CC2)cc(-n2cccn2)n1. The van der Waals surface area contributed by atoms with Crippen molar-refractivity contribution >= 4 is 5.82 Å². The first-order valence-corrected chi connectivity index (χ1v) is 8.44. The lowest BCUT2D eigenvalue weighted by molar-refractivity contribution is 0.359. The van der Waals surface area contributed by atoms with Crippen molar-refractivity contribution in [2.45, 2.75) is 32.4 Å². The van der Waals surface area contributed by atoms with Gasteiger partial charge in [0.1, 0.15) is 11.6 Å². The van der Waals surface area contributed by atoms with Gasteiger partial charge in [0.15, 0.2) is 5.82 Å². The Morgan fingerprint density at radius 1 is 1.20 bits per heavy atom. The van der Waals surface area contributed by atoms with Crippen LogP contribution in [0.5, 0.6) is 0 Å². The number of hydrogen-bond donors (Lipinski definition) is 1.